The molecule has 9 nitrogen and oxygen atoms in total. The highest BCUT2D eigenvalue weighted by atomic mass is 32.2. The smallest absolute Gasteiger partial charge is 0.342 e. The fourth-order valence-corrected chi connectivity index (χ4v) is 3.07. The Balaban J connectivity index is 2.39. The summed E-state index contributed by atoms with van der Waals surface area (Å²) in [6.45, 7) is 5.13. The van der Waals surface area contributed by atoms with Gasteiger partial charge in [-0.05, 0) is 32.9 Å². The van der Waals surface area contributed by atoms with Gasteiger partial charge in [-0.3, -0.25) is 10.1 Å². The summed E-state index contributed by atoms with van der Waals surface area (Å²) in [5, 5.41) is 4.07. The Labute approximate surface area is 160 Å². The van der Waals surface area contributed by atoms with Gasteiger partial charge in [-0.2, -0.15) is 0 Å². The van der Waals surface area contributed by atoms with Gasteiger partial charge in [0.2, 0.25) is 5.91 Å². The van der Waals surface area contributed by atoms with Crippen molar-refractivity contribution in [2.24, 2.45) is 0 Å². The molecule has 0 aliphatic heterocycles. The molecule has 27 heavy (non-hydrogen) atoms. The summed E-state index contributed by atoms with van der Waals surface area (Å²) in [4.78, 5) is 44.5. The van der Waals surface area contributed by atoms with Crippen molar-refractivity contribution in [1.29, 1.82) is 0 Å². The normalized spacial score (nSPS) is 11.6. The molecule has 144 valence electrons. The molecule has 0 unspecified atom stereocenters. The van der Waals surface area contributed by atoms with Crippen LogP contribution in [-0.2, 0) is 9.53 Å². The van der Waals surface area contributed by atoms with Crippen molar-refractivity contribution in [1.82, 2.24) is 20.6 Å². The lowest BCUT2D eigenvalue weighted by Gasteiger charge is -2.15. The zero-order valence-corrected chi connectivity index (χ0v) is 16.2. The molecule has 0 radical (unpaired) electrons. The lowest BCUT2D eigenvalue weighted by molar-refractivity contribution is -0.119. The van der Waals surface area contributed by atoms with E-state index in [2.05, 4.69) is 20.6 Å². The highest BCUT2D eigenvalue weighted by Crippen LogP contribution is 2.30. The lowest BCUT2D eigenvalue weighted by atomic mass is 10.2. The molecule has 0 saturated heterocycles. The van der Waals surface area contributed by atoms with E-state index in [4.69, 9.17) is 9.15 Å². The molecule has 3 amide bonds. The zero-order valence-electron chi connectivity index (χ0n) is 15.4. The number of carbonyl (C=O) groups excluding carboxylic acids is 3. The van der Waals surface area contributed by atoms with E-state index in [1.54, 1.807) is 32.9 Å². The standard InChI is InChI=1S/C17H20N4O5S/c1-5-25-16(23)12-9(2)19-13(11-7-6-8-26-11)20-15(12)27-10(3)14(22)21-17(24)18-4/h6-8,10H,5H2,1-4H3,(H2,18,21,22,24)/t10-/m0/s1. The minimum Gasteiger partial charge on any atom is -0.462 e. The van der Waals surface area contributed by atoms with Crippen LogP contribution in [0.4, 0.5) is 4.79 Å². The number of amides is 3. The first kappa shape index (κ1) is 20.4. The Kier molecular flexibility index (Phi) is 6.94. The minimum absolute atomic E-state index is 0.178. The Bertz CT molecular complexity index is 838. The van der Waals surface area contributed by atoms with Gasteiger partial charge in [-0.1, -0.05) is 11.8 Å². The first-order valence-corrected chi connectivity index (χ1v) is 9.04. The molecule has 0 saturated carbocycles. The van der Waals surface area contributed by atoms with E-state index in [9.17, 15) is 14.4 Å². The van der Waals surface area contributed by atoms with Crippen molar-refractivity contribution in [3.05, 3.63) is 29.7 Å². The second kappa shape index (κ2) is 9.17. The Morgan fingerprint density at radius 1 is 1.33 bits per heavy atom. The Morgan fingerprint density at radius 3 is 2.67 bits per heavy atom. The number of hydrogen-bond acceptors (Lipinski definition) is 8. The van der Waals surface area contributed by atoms with Crippen molar-refractivity contribution in [3.63, 3.8) is 0 Å². The third kappa shape index (κ3) is 5.07. The van der Waals surface area contributed by atoms with E-state index >= 15 is 0 Å². The molecule has 0 aliphatic rings. The number of aromatic nitrogens is 2. The van der Waals surface area contributed by atoms with Crippen molar-refractivity contribution in [3.8, 4) is 11.6 Å². The van der Waals surface area contributed by atoms with Crippen LogP contribution in [0.5, 0.6) is 0 Å². The summed E-state index contributed by atoms with van der Waals surface area (Å²) in [7, 11) is 1.41. The van der Waals surface area contributed by atoms with E-state index in [0.717, 1.165) is 11.8 Å². The van der Waals surface area contributed by atoms with Gasteiger partial charge in [0, 0.05) is 7.05 Å². The van der Waals surface area contributed by atoms with Gasteiger partial charge in [0.05, 0.1) is 23.8 Å². The largest absolute Gasteiger partial charge is 0.462 e. The highest BCUT2D eigenvalue weighted by Gasteiger charge is 2.25. The predicted octanol–water partition coefficient (Wildman–Crippen LogP) is 2.16. The number of nitrogens with zero attached hydrogens (tertiary/aromatic N) is 2. The van der Waals surface area contributed by atoms with E-state index in [-0.39, 0.29) is 23.0 Å². The maximum absolute atomic E-state index is 12.4. The molecule has 2 heterocycles. The van der Waals surface area contributed by atoms with Crippen molar-refractivity contribution >= 4 is 29.7 Å². The molecule has 0 aromatic carbocycles. The molecule has 10 heteroatoms. The number of urea groups is 1. The first-order valence-electron chi connectivity index (χ1n) is 8.16. The molecular weight excluding hydrogens is 372 g/mol. The van der Waals surface area contributed by atoms with Crippen LogP contribution in [-0.4, -0.2) is 46.8 Å². The van der Waals surface area contributed by atoms with Gasteiger partial charge in [0.15, 0.2) is 11.6 Å². The van der Waals surface area contributed by atoms with Crippen LogP contribution in [0.1, 0.15) is 29.9 Å². The molecular formula is C17H20N4O5S. The molecule has 2 aromatic rings. The number of nitrogens with one attached hydrogen (secondary N) is 2. The van der Waals surface area contributed by atoms with E-state index in [1.165, 1.54) is 13.3 Å². The fourth-order valence-electron chi connectivity index (χ4n) is 2.08. The average Bonchev–Trinajstić information content (AvgIpc) is 3.15. The monoisotopic (exact) mass is 392 g/mol. The van der Waals surface area contributed by atoms with Crippen LogP contribution in [0.25, 0.3) is 11.6 Å². The molecule has 0 aliphatic carbocycles. The maximum atomic E-state index is 12.4. The SMILES string of the molecule is CCOC(=O)c1c(C)nc(-c2ccco2)nc1S[C@@H](C)C(=O)NC(=O)NC. The quantitative estimate of drug-likeness (QED) is 0.435. The van der Waals surface area contributed by atoms with Gasteiger partial charge in [-0.25, -0.2) is 19.6 Å². The third-order valence-electron chi connectivity index (χ3n) is 3.40. The van der Waals surface area contributed by atoms with Crippen molar-refractivity contribution in [2.45, 2.75) is 31.0 Å². The number of thioether (sulfide) groups is 1. The number of esters is 1. The molecule has 0 bridgehead atoms. The lowest BCUT2D eigenvalue weighted by Crippen LogP contribution is -2.41. The molecule has 2 N–H and O–H groups in total. The fraction of sp³-hybridized carbons (Fsp3) is 0.353. The summed E-state index contributed by atoms with van der Waals surface area (Å²) < 4.78 is 10.4. The van der Waals surface area contributed by atoms with E-state index in [1.807, 2.05) is 0 Å². The number of furan rings is 1. The third-order valence-corrected chi connectivity index (χ3v) is 4.49. The minimum atomic E-state index is -0.700. The summed E-state index contributed by atoms with van der Waals surface area (Å²) >= 11 is 1.02. The number of aryl methyl sites for hydroxylation is 1. The van der Waals surface area contributed by atoms with Crippen molar-refractivity contribution in [2.75, 3.05) is 13.7 Å². The zero-order chi connectivity index (χ0) is 20.0. The summed E-state index contributed by atoms with van der Waals surface area (Å²) in [6, 6.07) is 2.77. The van der Waals surface area contributed by atoms with Crippen LogP contribution in [0.15, 0.2) is 27.8 Å². The molecule has 2 rings (SSSR count). The van der Waals surface area contributed by atoms with Crippen LogP contribution in [0, 0.1) is 6.92 Å². The summed E-state index contributed by atoms with van der Waals surface area (Å²) in [5.41, 5.74) is 0.577. The molecule has 0 fully saturated rings. The predicted molar refractivity (Wildman–Crippen MR) is 98.3 cm³/mol. The Morgan fingerprint density at radius 2 is 2.07 bits per heavy atom. The van der Waals surface area contributed by atoms with Crippen molar-refractivity contribution < 1.29 is 23.5 Å². The van der Waals surface area contributed by atoms with Gasteiger partial charge in [0.1, 0.15) is 10.6 Å². The number of carbonyl (C=O) groups is 3. The van der Waals surface area contributed by atoms with Gasteiger partial charge in [-0.15, -0.1) is 0 Å². The average molecular weight is 392 g/mol. The first-order chi connectivity index (χ1) is 12.9. The number of hydrogen-bond donors (Lipinski definition) is 2. The number of rotatable bonds is 6. The molecule has 2 aromatic heterocycles. The van der Waals surface area contributed by atoms with Gasteiger partial charge >= 0.3 is 12.0 Å². The van der Waals surface area contributed by atoms with E-state index in [0.29, 0.717) is 11.5 Å². The van der Waals surface area contributed by atoms with Gasteiger partial charge < -0.3 is 14.5 Å². The van der Waals surface area contributed by atoms with Crippen LogP contribution < -0.4 is 10.6 Å². The van der Waals surface area contributed by atoms with Crippen LogP contribution in [0.2, 0.25) is 0 Å². The number of imide groups is 1. The molecule has 0 spiro atoms. The maximum Gasteiger partial charge on any atom is 0.342 e. The second-order valence-electron chi connectivity index (χ2n) is 5.34. The Hall–Kier alpha value is -2.88. The highest BCUT2D eigenvalue weighted by molar-refractivity contribution is 8.00. The van der Waals surface area contributed by atoms with E-state index < -0.39 is 23.2 Å². The van der Waals surface area contributed by atoms with Crippen LogP contribution >= 0.6 is 11.8 Å². The summed E-state index contributed by atoms with van der Waals surface area (Å²) in [6.07, 6.45) is 1.49. The molecule has 1 atom stereocenters. The second-order valence-corrected chi connectivity index (χ2v) is 6.67. The number of ether oxygens (including phenoxy) is 1. The summed E-state index contributed by atoms with van der Waals surface area (Å²) in [5.74, 6) is -0.392. The van der Waals surface area contributed by atoms with Crippen LogP contribution in [0.3, 0.4) is 0 Å². The van der Waals surface area contributed by atoms with Gasteiger partial charge in [0.25, 0.3) is 0 Å². The topological polar surface area (TPSA) is 123 Å².